The third-order valence-electron chi connectivity index (χ3n) is 6.59. The summed E-state index contributed by atoms with van der Waals surface area (Å²) >= 11 is 0. The fraction of sp³-hybridized carbons (Fsp3) is 0.684. The quantitative estimate of drug-likeness (QED) is 0.692. The van der Waals surface area contributed by atoms with Crippen LogP contribution in [0.1, 0.15) is 68.4 Å². The van der Waals surface area contributed by atoms with Crippen molar-refractivity contribution in [1.82, 2.24) is 0 Å². The van der Waals surface area contributed by atoms with Gasteiger partial charge in [-0.2, -0.15) is 0 Å². The van der Waals surface area contributed by atoms with Gasteiger partial charge in [0.1, 0.15) is 0 Å². The van der Waals surface area contributed by atoms with Gasteiger partial charge < -0.3 is 0 Å². The number of rotatable bonds is 2. The van der Waals surface area contributed by atoms with E-state index < -0.39 is 0 Å². The Bertz CT molecular complexity index is 473. The number of benzene rings is 1. The van der Waals surface area contributed by atoms with E-state index in [1.807, 2.05) is 0 Å². The zero-order valence-electron chi connectivity index (χ0n) is 11.8. The molecule has 5 aliphatic rings. The van der Waals surface area contributed by atoms with Crippen molar-refractivity contribution in [1.29, 1.82) is 0 Å². The van der Waals surface area contributed by atoms with Gasteiger partial charge in [-0.05, 0) is 91.6 Å². The first kappa shape index (κ1) is 10.9. The third kappa shape index (κ3) is 1.58. The van der Waals surface area contributed by atoms with E-state index in [4.69, 9.17) is 0 Å². The average Bonchev–Trinajstić information content (AvgIpc) is 3.21. The molecule has 19 heavy (non-hydrogen) atoms. The van der Waals surface area contributed by atoms with E-state index in [2.05, 4.69) is 24.3 Å². The molecule has 0 spiro atoms. The molecule has 100 valence electrons. The van der Waals surface area contributed by atoms with Gasteiger partial charge >= 0.3 is 0 Å². The van der Waals surface area contributed by atoms with Crippen LogP contribution in [-0.4, -0.2) is 0 Å². The predicted octanol–water partition coefficient (Wildman–Crippen LogP) is 5.03. The van der Waals surface area contributed by atoms with Crippen LogP contribution in [0, 0.1) is 17.8 Å². The van der Waals surface area contributed by atoms with E-state index in [0.29, 0.717) is 5.41 Å². The molecule has 0 heteroatoms. The molecular formula is C19H24. The first-order valence-corrected chi connectivity index (χ1v) is 8.42. The zero-order chi connectivity index (χ0) is 12.4. The van der Waals surface area contributed by atoms with Gasteiger partial charge in [0.25, 0.3) is 0 Å². The van der Waals surface area contributed by atoms with Crippen LogP contribution in [0.25, 0.3) is 0 Å². The van der Waals surface area contributed by atoms with Crippen molar-refractivity contribution < 1.29 is 0 Å². The van der Waals surface area contributed by atoms with Crippen molar-refractivity contribution in [2.24, 2.45) is 17.8 Å². The molecule has 5 aliphatic carbocycles. The minimum atomic E-state index is 0.605. The highest BCUT2D eigenvalue weighted by Crippen LogP contribution is 2.62. The molecule has 0 aliphatic heterocycles. The molecule has 6 rings (SSSR count). The van der Waals surface area contributed by atoms with E-state index in [1.165, 1.54) is 32.1 Å². The Labute approximate surface area is 116 Å². The Morgan fingerprint density at radius 1 is 0.789 bits per heavy atom. The average molecular weight is 252 g/mol. The summed E-state index contributed by atoms with van der Waals surface area (Å²) < 4.78 is 0. The standard InChI is InChI=1S/C19H24/c1-2-4-18(17(3-1)16-5-6-16)19-10-13-7-14(11-19)9-15(8-13)12-19/h1-4,13-16H,5-12H2. The Balaban J connectivity index is 1.62. The molecule has 0 atom stereocenters. The number of hydrogen-bond donors (Lipinski definition) is 0. The van der Waals surface area contributed by atoms with E-state index in [0.717, 1.165) is 23.7 Å². The summed E-state index contributed by atoms with van der Waals surface area (Å²) in [5, 5.41) is 0. The molecule has 0 heterocycles. The predicted molar refractivity (Wildman–Crippen MR) is 78.3 cm³/mol. The lowest BCUT2D eigenvalue weighted by Crippen LogP contribution is -2.48. The van der Waals surface area contributed by atoms with Crippen molar-refractivity contribution >= 4 is 0 Å². The van der Waals surface area contributed by atoms with Crippen molar-refractivity contribution in [2.75, 3.05) is 0 Å². The molecule has 0 aromatic heterocycles. The molecule has 1 aromatic carbocycles. The van der Waals surface area contributed by atoms with Gasteiger partial charge in [-0.3, -0.25) is 0 Å². The largest absolute Gasteiger partial charge is 0.0620 e. The van der Waals surface area contributed by atoms with Crippen molar-refractivity contribution in [2.45, 2.75) is 62.7 Å². The second-order valence-electron chi connectivity index (χ2n) is 8.06. The maximum absolute atomic E-state index is 2.50. The Morgan fingerprint density at radius 3 is 1.95 bits per heavy atom. The maximum Gasteiger partial charge on any atom is -0.00362 e. The van der Waals surface area contributed by atoms with Crippen LogP contribution in [0.4, 0.5) is 0 Å². The monoisotopic (exact) mass is 252 g/mol. The summed E-state index contributed by atoms with van der Waals surface area (Å²) in [4.78, 5) is 0. The van der Waals surface area contributed by atoms with Gasteiger partial charge in [0.15, 0.2) is 0 Å². The second-order valence-corrected chi connectivity index (χ2v) is 8.06. The van der Waals surface area contributed by atoms with Crippen molar-refractivity contribution in [3.63, 3.8) is 0 Å². The van der Waals surface area contributed by atoms with Crippen LogP contribution < -0.4 is 0 Å². The van der Waals surface area contributed by atoms with Gasteiger partial charge in [-0.25, -0.2) is 0 Å². The summed E-state index contributed by atoms with van der Waals surface area (Å²) in [7, 11) is 0. The van der Waals surface area contributed by atoms with E-state index >= 15 is 0 Å². The molecule has 0 unspecified atom stereocenters. The second kappa shape index (κ2) is 3.65. The minimum absolute atomic E-state index is 0.605. The van der Waals surface area contributed by atoms with E-state index in [-0.39, 0.29) is 0 Å². The zero-order valence-corrected chi connectivity index (χ0v) is 11.8. The Morgan fingerprint density at radius 2 is 1.37 bits per heavy atom. The van der Waals surface area contributed by atoms with Crippen molar-refractivity contribution in [3.8, 4) is 0 Å². The molecule has 1 aromatic rings. The Hall–Kier alpha value is -0.780. The first-order valence-electron chi connectivity index (χ1n) is 8.42. The van der Waals surface area contributed by atoms with Crippen LogP contribution in [0.3, 0.4) is 0 Å². The highest BCUT2D eigenvalue weighted by atomic mass is 14.6. The van der Waals surface area contributed by atoms with Gasteiger partial charge in [0.05, 0.1) is 0 Å². The molecule has 5 fully saturated rings. The van der Waals surface area contributed by atoms with E-state index in [1.54, 1.807) is 30.4 Å². The van der Waals surface area contributed by atoms with Gasteiger partial charge in [-0.1, -0.05) is 24.3 Å². The highest BCUT2D eigenvalue weighted by Gasteiger charge is 2.52. The fourth-order valence-electron chi connectivity index (χ4n) is 6.17. The lowest BCUT2D eigenvalue weighted by atomic mass is 9.47. The molecule has 0 nitrogen and oxygen atoms in total. The first-order chi connectivity index (χ1) is 9.32. The summed E-state index contributed by atoms with van der Waals surface area (Å²) in [6.45, 7) is 0. The topological polar surface area (TPSA) is 0 Å². The maximum atomic E-state index is 2.50. The number of hydrogen-bond acceptors (Lipinski definition) is 0. The normalized spacial score (nSPS) is 43.7. The van der Waals surface area contributed by atoms with Crippen LogP contribution in [-0.2, 0) is 5.41 Å². The van der Waals surface area contributed by atoms with Crippen LogP contribution >= 0.6 is 0 Å². The summed E-state index contributed by atoms with van der Waals surface area (Å²) in [6.07, 6.45) is 12.1. The molecule has 4 bridgehead atoms. The lowest BCUT2D eigenvalue weighted by Gasteiger charge is -2.57. The van der Waals surface area contributed by atoms with Gasteiger partial charge in [0.2, 0.25) is 0 Å². The molecule has 0 saturated heterocycles. The molecule has 0 N–H and O–H groups in total. The third-order valence-corrected chi connectivity index (χ3v) is 6.59. The van der Waals surface area contributed by atoms with Crippen molar-refractivity contribution in [3.05, 3.63) is 35.4 Å². The lowest BCUT2D eigenvalue weighted by molar-refractivity contribution is -0.00558. The fourth-order valence-corrected chi connectivity index (χ4v) is 6.17. The van der Waals surface area contributed by atoms with Gasteiger partial charge in [0, 0.05) is 0 Å². The van der Waals surface area contributed by atoms with Crippen LogP contribution in [0.15, 0.2) is 24.3 Å². The summed E-state index contributed by atoms with van der Waals surface area (Å²) in [5.74, 6) is 4.12. The summed E-state index contributed by atoms with van der Waals surface area (Å²) in [6, 6.07) is 9.53. The van der Waals surface area contributed by atoms with Crippen LogP contribution in [0.2, 0.25) is 0 Å². The van der Waals surface area contributed by atoms with Gasteiger partial charge in [-0.15, -0.1) is 0 Å². The molecular weight excluding hydrogens is 228 g/mol. The molecule has 0 amide bonds. The summed E-state index contributed by atoms with van der Waals surface area (Å²) in [5.41, 5.74) is 4.13. The van der Waals surface area contributed by atoms with Crippen LogP contribution in [0.5, 0.6) is 0 Å². The molecule has 0 radical (unpaired) electrons. The molecule has 5 saturated carbocycles. The smallest absolute Gasteiger partial charge is 0.00362 e. The highest BCUT2D eigenvalue weighted by molar-refractivity contribution is 5.40. The SMILES string of the molecule is c1ccc(C23CC4CC(CC(C4)C2)C3)c(C2CC2)c1. The minimum Gasteiger partial charge on any atom is -0.0620 e. The Kier molecular flexibility index (Phi) is 2.10. The van der Waals surface area contributed by atoms with E-state index in [9.17, 15) is 0 Å².